The molecule has 2 fully saturated rings. The van der Waals surface area contributed by atoms with Crippen molar-refractivity contribution < 1.29 is 4.79 Å². The first-order chi connectivity index (χ1) is 13.0. The van der Waals surface area contributed by atoms with E-state index >= 15 is 0 Å². The first kappa shape index (κ1) is 18.6. The number of fused-ring (bicyclic) bond motifs is 1. The van der Waals surface area contributed by atoms with Crippen molar-refractivity contribution in [1.29, 1.82) is 0 Å². The second-order valence-corrected chi connectivity index (χ2v) is 8.85. The van der Waals surface area contributed by atoms with Gasteiger partial charge < -0.3 is 20.4 Å². The highest BCUT2D eigenvalue weighted by Gasteiger charge is 2.44. The molecule has 27 heavy (non-hydrogen) atoms. The van der Waals surface area contributed by atoms with E-state index in [9.17, 15) is 4.79 Å². The number of amides is 1. The summed E-state index contributed by atoms with van der Waals surface area (Å²) in [5, 5.41) is 6.53. The van der Waals surface area contributed by atoms with Gasteiger partial charge in [0.15, 0.2) is 0 Å². The van der Waals surface area contributed by atoms with Crippen LogP contribution in [-0.4, -0.2) is 78.5 Å². The second-order valence-electron chi connectivity index (χ2n) is 8.85. The molecular formula is C20H32N6O. The first-order valence-corrected chi connectivity index (χ1v) is 10.3. The average molecular weight is 373 g/mol. The molecule has 0 unspecified atom stereocenters. The molecule has 1 aromatic rings. The number of anilines is 1. The highest BCUT2D eigenvalue weighted by Crippen LogP contribution is 2.46. The fraction of sp³-hybridized carbons (Fsp3) is 0.750. The summed E-state index contributed by atoms with van der Waals surface area (Å²) in [4.78, 5) is 26.6. The molecule has 7 nitrogen and oxygen atoms in total. The third-order valence-electron chi connectivity index (χ3n) is 6.16. The number of nitrogens with zero attached hydrogens (tertiary/aromatic N) is 4. The molecular weight excluding hydrogens is 340 g/mol. The van der Waals surface area contributed by atoms with Crippen molar-refractivity contribution in [3.05, 3.63) is 17.1 Å². The van der Waals surface area contributed by atoms with Gasteiger partial charge in [-0.25, -0.2) is 9.97 Å². The predicted molar refractivity (Wildman–Crippen MR) is 106 cm³/mol. The lowest BCUT2D eigenvalue weighted by atomic mass is 10.0. The molecule has 4 rings (SSSR count). The largest absolute Gasteiger partial charge is 0.369 e. The first-order valence-electron chi connectivity index (χ1n) is 10.3. The Morgan fingerprint density at radius 2 is 1.93 bits per heavy atom. The fourth-order valence-corrected chi connectivity index (χ4v) is 4.03. The number of hydrogen-bond donors (Lipinski definition) is 2. The van der Waals surface area contributed by atoms with Gasteiger partial charge >= 0.3 is 0 Å². The lowest BCUT2D eigenvalue weighted by molar-refractivity contribution is 0.0940. The van der Waals surface area contributed by atoms with Crippen molar-refractivity contribution >= 4 is 11.7 Å². The van der Waals surface area contributed by atoms with Crippen LogP contribution in [0.3, 0.4) is 0 Å². The number of hydrogen-bond acceptors (Lipinski definition) is 6. The summed E-state index contributed by atoms with van der Waals surface area (Å²) in [5.41, 5.74) is 1.91. The normalized spacial score (nSPS) is 22.4. The van der Waals surface area contributed by atoms with Gasteiger partial charge in [0, 0.05) is 62.7 Å². The van der Waals surface area contributed by atoms with Crippen LogP contribution in [0, 0.1) is 5.41 Å². The van der Waals surface area contributed by atoms with Crippen molar-refractivity contribution in [2.45, 2.75) is 39.0 Å². The zero-order valence-corrected chi connectivity index (χ0v) is 16.8. The van der Waals surface area contributed by atoms with Gasteiger partial charge in [-0.05, 0) is 26.3 Å². The lowest BCUT2D eigenvalue weighted by Crippen LogP contribution is -2.47. The predicted octanol–water partition coefficient (Wildman–Crippen LogP) is 1.33. The molecule has 148 valence electrons. The van der Waals surface area contributed by atoms with Gasteiger partial charge in [-0.2, -0.15) is 0 Å². The van der Waals surface area contributed by atoms with Crippen LogP contribution in [0.4, 0.5) is 5.82 Å². The summed E-state index contributed by atoms with van der Waals surface area (Å²) >= 11 is 0. The van der Waals surface area contributed by atoms with Crippen molar-refractivity contribution in [3.8, 4) is 0 Å². The highest BCUT2D eigenvalue weighted by molar-refractivity contribution is 5.96. The molecule has 1 saturated heterocycles. The Bertz CT molecular complexity index is 707. The maximum absolute atomic E-state index is 12.3. The van der Waals surface area contributed by atoms with Crippen LogP contribution in [0.1, 0.15) is 54.5 Å². The molecule has 1 saturated carbocycles. The van der Waals surface area contributed by atoms with E-state index in [1.807, 2.05) is 0 Å². The van der Waals surface area contributed by atoms with Gasteiger partial charge in [0.1, 0.15) is 17.3 Å². The number of rotatable bonds is 6. The molecule has 0 spiro atoms. The average Bonchev–Trinajstić information content (AvgIpc) is 3.42. The number of aromatic nitrogens is 2. The standard InChI is InChI=1S/C20H32N6O/c1-14(2)17-23-16-15(4-7-21-19(16)27)18(24-17)22-12-20(5-6-20)13-26-10-8-25(3)9-11-26/h14H,4-13H2,1-3H3,(H,21,27)(H,22,23,24). The fourth-order valence-electron chi connectivity index (χ4n) is 4.03. The molecule has 7 heteroatoms. The van der Waals surface area contributed by atoms with E-state index in [0.717, 1.165) is 43.3 Å². The summed E-state index contributed by atoms with van der Waals surface area (Å²) < 4.78 is 0. The Kier molecular flexibility index (Phi) is 5.07. The third kappa shape index (κ3) is 4.09. The number of carbonyl (C=O) groups excluding carboxylic acids is 1. The Labute approximate surface area is 161 Å². The molecule has 3 aliphatic rings. The maximum atomic E-state index is 12.3. The Morgan fingerprint density at radius 1 is 1.19 bits per heavy atom. The molecule has 0 radical (unpaired) electrons. The topological polar surface area (TPSA) is 73.4 Å². The highest BCUT2D eigenvalue weighted by atomic mass is 16.1. The lowest BCUT2D eigenvalue weighted by Gasteiger charge is -2.35. The quantitative estimate of drug-likeness (QED) is 0.785. The minimum Gasteiger partial charge on any atom is -0.369 e. The summed E-state index contributed by atoms with van der Waals surface area (Å²) in [6, 6.07) is 0. The summed E-state index contributed by atoms with van der Waals surface area (Å²) in [6.07, 6.45) is 3.35. The smallest absolute Gasteiger partial charge is 0.270 e. The van der Waals surface area contributed by atoms with Crippen LogP contribution in [0.25, 0.3) is 0 Å². The van der Waals surface area contributed by atoms with E-state index < -0.39 is 0 Å². The molecule has 2 aliphatic heterocycles. The van der Waals surface area contributed by atoms with E-state index in [1.54, 1.807) is 0 Å². The number of carbonyl (C=O) groups is 1. The van der Waals surface area contributed by atoms with Gasteiger partial charge in [-0.15, -0.1) is 0 Å². The van der Waals surface area contributed by atoms with Crippen molar-refractivity contribution in [1.82, 2.24) is 25.1 Å². The van der Waals surface area contributed by atoms with Crippen molar-refractivity contribution in [2.75, 3.05) is 58.2 Å². The van der Waals surface area contributed by atoms with Crippen LogP contribution >= 0.6 is 0 Å². The summed E-state index contributed by atoms with van der Waals surface area (Å²) in [5.74, 6) is 1.76. The van der Waals surface area contributed by atoms with Crippen LogP contribution in [0.15, 0.2) is 0 Å². The van der Waals surface area contributed by atoms with Crippen LogP contribution in [0.5, 0.6) is 0 Å². The minimum absolute atomic E-state index is 0.0674. The van der Waals surface area contributed by atoms with Gasteiger partial charge in [0.05, 0.1) is 0 Å². The van der Waals surface area contributed by atoms with Crippen LogP contribution in [0.2, 0.25) is 0 Å². The molecule has 1 aromatic heterocycles. The van der Waals surface area contributed by atoms with Gasteiger partial charge in [-0.3, -0.25) is 4.79 Å². The Balaban J connectivity index is 1.47. The summed E-state index contributed by atoms with van der Waals surface area (Å²) in [6.45, 7) is 11.6. The van der Waals surface area contributed by atoms with Crippen molar-refractivity contribution in [2.24, 2.45) is 5.41 Å². The number of piperazine rings is 1. The molecule has 2 N–H and O–H groups in total. The molecule has 0 bridgehead atoms. The zero-order chi connectivity index (χ0) is 19.0. The molecule has 0 atom stereocenters. The number of nitrogens with one attached hydrogen (secondary N) is 2. The SMILES string of the molecule is CC(C)c1nc(NCC2(CN3CCN(C)CC3)CC2)c2c(n1)C(=O)NCC2. The van der Waals surface area contributed by atoms with E-state index in [1.165, 1.54) is 32.5 Å². The van der Waals surface area contributed by atoms with E-state index in [0.29, 0.717) is 17.7 Å². The number of likely N-dealkylation sites (N-methyl/N-ethyl adjacent to an activating group) is 1. The molecule has 0 aromatic carbocycles. The van der Waals surface area contributed by atoms with E-state index in [2.05, 4.69) is 46.3 Å². The molecule has 1 aliphatic carbocycles. The molecule has 1 amide bonds. The second kappa shape index (κ2) is 7.36. The third-order valence-corrected chi connectivity index (χ3v) is 6.16. The Hall–Kier alpha value is -1.73. The van der Waals surface area contributed by atoms with Crippen LogP contribution in [-0.2, 0) is 6.42 Å². The molecule has 3 heterocycles. The monoisotopic (exact) mass is 372 g/mol. The summed E-state index contributed by atoms with van der Waals surface area (Å²) in [7, 11) is 2.20. The van der Waals surface area contributed by atoms with E-state index in [-0.39, 0.29) is 11.8 Å². The maximum Gasteiger partial charge on any atom is 0.270 e. The van der Waals surface area contributed by atoms with E-state index in [4.69, 9.17) is 4.98 Å². The van der Waals surface area contributed by atoms with Crippen molar-refractivity contribution in [3.63, 3.8) is 0 Å². The minimum atomic E-state index is -0.0674. The van der Waals surface area contributed by atoms with Gasteiger partial charge in [0.25, 0.3) is 5.91 Å². The zero-order valence-electron chi connectivity index (χ0n) is 16.8. The van der Waals surface area contributed by atoms with Gasteiger partial charge in [-0.1, -0.05) is 13.8 Å². The Morgan fingerprint density at radius 3 is 2.59 bits per heavy atom. The van der Waals surface area contributed by atoms with Gasteiger partial charge in [0.2, 0.25) is 0 Å². The van der Waals surface area contributed by atoms with Crippen LogP contribution < -0.4 is 10.6 Å².